The molecule has 1 N–H and O–H groups in total. The van der Waals surface area contributed by atoms with E-state index in [1.165, 1.54) is 0 Å². The van der Waals surface area contributed by atoms with Gasteiger partial charge >= 0.3 is 0 Å². The maximum absolute atomic E-state index is 11.5. The first-order valence-corrected chi connectivity index (χ1v) is 5.65. The number of amides is 1. The van der Waals surface area contributed by atoms with E-state index in [4.69, 9.17) is 11.6 Å². The summed E-state index contributed by atoms with van der Waals surface area (Å²) in [7, 11) is 0. The molecular weight excluding hydrogens is 210 g/mol. The zero-order valence-corrected chi connectivity index (χ0v) is 9.42. The van der Waals surface area contributed by atoms with Gasteiger partial charge in [-0.2, -0.15) is 0 Å². The van der Waals surface area contributed by atoms with Crippen molar-refractivity contribution in [2.24, 2.45) is 5.92 Å². The van der Waals surface area contributed by atoms with Crippen molar-refractivity contribution < 1.29 is 4.79 Å². The van der Waals surface area contributed by atoms with E-state index in [2.05, 4.69) is 5.32 Å². The molecule has 1 fully saturated rings. The Hall–Kier alpha value is -1.02. The molecule has 1 atom stereocenters. The van der Waals surface area contributed by atoms with Gasteiger partial charge < -0.3 is 5.32 Å². The summed E-state index contributed by atoms with van der Waals surface area (Å²) in [5, 5.41) is 2.90. The van der Waals surface area contributed by atoms with Crippen LogP contribution in [0.1, 0.15) is 30.7 Å². The van der Waals surface area contributed by atoms with Crippen LogP contribution in [0.3, 0.4) is 0 Å². The first-order chi connectivity index (χ1) is 7.16. The van der Waals surface area contributed by atoms with Gasteiger partial charge in [0.05, 0.1) is 5.38 Å². The standard InChI is InChI=1S/C12H14ClNO/c1-8(13)9-4-6-11(7-5-9)14-12(15)10-2-3-10/h4-8,10H,2-3H2,1H3,(H,14,15). The Labute approximate surface area is 94.6 Å². The second kappa shape index (κ2) is 4.23. The number of carbonyl (C=O) groups is 1. The van der Waals surface area contributed by atoms with Crippen LogP contribution in [-0.4, -0.2) is 5.91 Å². The smallest absolute Gasteiger partial charge is 0.227 e. The highest BCUT2D eigenvalue weighted by Gasteiger charge is 2.29. The molecule has 1 aliphatic rings. The van der Waals surface area contributed by atoms with Gasteiger partial charge in [-0.25, -0.2) is 0 Å². The molecule has 0 bridgehead atoms. The van der Waals surface area contributed by atoms with Crippen LogP contribution < -0.4 is 5.32 Å². The summed E-state index contributed by atoms with van der Waals surface area (Å²) in [4.78, 5) is 11.5. The van der Waals surface area contributed by atoms with Crippen molar-refractivity contribution in [1.82, 2.24) is 0 Å². The van der Waals surface area contributed by atoms with Gasteiger partial charge in [0.1, 0.15) is 0 Å². The molecule has 0 saturated heterocycles. The Morgan fingerprint density at radius 3 is 2.47 bits per heavy atom. The topological polar surface area (TPSA) is 29.1 Å². The molecule has 1 aromatic rings. The largest absolute Gasteiger partial charge is 0.326 e. The summed E-state index contributed by atoms with van der Waals surface area (Å²) in [6, 6.07) is 7.68. The zero-order valence-electron chi connectivity index (χ0n) is 8.66. The van der Waals surface area contributed by atoms with Crippen LogP contribution in [0.5, 0.6) is 0 Å². The van der Waals surface area contributed by atoms with Crippen LogP contribution in [0.2, 0.25) is 0 Å². The maximum Gasteiger partial charge on any atom is 0.227 e. The first-order valence-electron chi connectivity index (χ1n) is 5.21. The number of rotatable bonds is 3. The SMILES string of the molecule is CC(Cl)c1ccc(NC(=O)C2CC2)cc1. The van der Waals surface area contributed by atoms with Crippen molar-refractivity contribution in [3.05, 3.63) is 29.8 Å². The lowest BCUT2D eigenvalue weighted by atomic mass is 10.1. The molecule has 15 heavy (non-hydrogen) atoms. The molecule has 1 amide bonds. The van der Waals surface area contributed by atoms with E-state index in [1.54, 1.807) is 0 Å². The van der Waals surface area contributed by atoms with E-state index in [9.17, 15) is 4.79 Å². The van der Waals surface area contributed by atoms with Crippen molar-refractivity contribution >= 4 is 23.2 Å². The van der Waals surface area contributed by atoms with Gasteiger partial charge in [0.15, 0.2) is 0 Å². The van der Waals surface area contributed by atoms with Crippen molar-refractivity contribution in [2.75, 3.05) is 5.32 Å². The summed E-state index contributed by atoms with van der Waals surface area (Å²) in [5.74, 6) is 0.387. The summed E-state index contributed by atoms with van der Waals surface area (Å²) in [6.45, 7) is 1.93. The number of halogens is 1. The predicted molar refractivity (Wildman–Crippen MR) is 62.1 cm³/mol. The van der Waals surface area contributed by atoms with Crippen molar-refractivity contribution in [3.63, 3.8) is 0 Å². The monoisotopic (exact) mass is 223 g/mol. The van der Waals surface area contributed by atoms with Gasteiger partial charge in [0, 0.05) is 11.6 Å². The number of carbonyl (C=O) groups excluding carboxylic acids is 1. The van der Waals surface area contributed by atoms with E-state index >= 15 is 0 Å². The molecular formula is C12H14ClNO. The Balaban J connectivity index is 2.00. The summed E-state index contributed by atoms with van der Waals surface area (Å²) in [5.41, 5.74) is 1.93. The molecule has 2 nitrogen and oxygen atoms in total. The summed E-state index contributed by atoms with van der Waals surface area (Å²) < 4.78 is 0. The fourth-order valence-corrected chi connectivity index (χ4v) is 1.57. The lowest BCUT2D eigenvalue weighted by Gasteiger charge is -2.06. The van der Waals surface area contributed by atoms with Gasteiger partial charge in [-0.3, -0.25) is 4.79 Å². The molecule has 3 heteroatoms. The van der Waals surface area contributed by atoms with Crippen molar-refractivity contribution in [2.45, 2.75) is 25.1 Å². The second-order valence-electron chi connectivity index (χ2n) is 4.00. The Morgan fingerprint density at radius 2 is 2.00 bits per heavy atom. The van der Waals surface area contributed by atoms with Gasteiger partial charge in [0.25, 0.3) is 0 Å². The second-order valence-corrected chi connectivity index (χ2v) is 4.66. The number of nitrogens with one attached hydrogen (secondary N) is 1. The molecule has 1 aromatic carbocycles. The quantitative estimate of drug-likeness (QED) is 0.783. The normalized spacial score (nSPS) is 17.2. The number of hydrogen-bond donors (Lipinski definition) is 1. The minimum atomic E-state index is 0.0122. The summed E-state index contributed by atoms with van der Waals surface area (Å²) >= 11 is 5.93. The molecule has 80 valence electrons. The Morgan fingerprint density at radius 1 is 1.40 bits per heavy atom. The lowest BCUT2D eigenvalue weighted by molar-refractivity contribution is -0.117. The van der Waals surface area contributed by atoms with E-state index < -0.39 is 0 Å². The highest BCUT2D eigenvalue weighted by Crippen LogP contribution is 2.30. The number of hydrogen-bond acceptors (Lipinski definition) is 1. The maximum atomic E-state index is 11.5. The van der Waals surface area contributed by atoms with E-state index in [1.807, 2.05) is 31.2 Å². The predicted octanol–water partition coefficient (Wildman–Crippen LogP) is 3.33. The third-order valence-electron chi connectivity index (χ3n) is 2.59. The third-order valence-corrected chi connectivity index (χ3v) is 2.84. The van der Waals surface area contributed by atoms with Gasteiger partial charge in [-0.15, -0.1) is 11.6 Å². The molecule has 0 aromatic heterocycles. The Bertz CT molecular complexity index is 354. The average Bonchev–Trinajstić information content (AvgIpc) is 3.01. The molecule has 0 heterocycles. The highest BCUT2D eigenvalue weighted by atomic mass is 35.5. The minimum Gasteiger partial charge on any atom is -0.326 e. The molecule has 1 unspecified atom stereocenters. The van der Waals surface area contributed by atoms with E-state index in [0.29, 0.717) is 0 Å². The highest BCUT2D eigenvalue weighted by molar-refractivity contribution is 6.20. The molecule has 0 aliphatic heterocycles. The van der Waals surface area contributed by atoms with Gasteiger partial charge in [-0.05, 0) is 37.5 Å². The van der Waals surface area contributed by atoms with Crippen LogP contribution in [0.25, 0.3) is 0 Å². The molecule has 0 radical (unpaired) electrons. The number of anilines is 1. The number of benzene rings is 1. The fraction of sp³-hybridized carbons (Fsp3) is 0.417. The van der Waals surface area contributed by atoms with E-state index in [-0.39, 0.29) is 17.2 Å². The number of alkyl halides is 1. The minimum absolute atomic E-state index is 0.0122. The molecule has 1 aliphatic carbocycles. The third kappa shape index (κ3) is 2.72. The average molecular weight is 224 g/mol. The zero-order chi connectivity index (χ0) is 10.8. The van der Waals surface area contributed by atoms with Crippen LogP contribution >= 0.6 is 11.6 Å². The van der Waals surface area contributed by atoms with Crippen molar-refractivity contribution in [3.8, 4) is 0 Å². The van der Waals surface area contributed by atoms with Crippen LogP contribution in [0.15, 0.2) is 24.3 Å². The molecule has 0 spiro atoms. The van der Waals surface area contributed by atoms with Crippen LogP contribution in [0, 0.1) is 5.92 Å². The van der Waals surface area contributed by atoms with Gasteiger partial charge in [0.2, 0.25) is 5.91 Å². The lowest BCUT2D eigenvalue weighted by Crippen LogP contribution is -2.13. The fourth-order valence-electron chi connectivity index (χ4n) is 1.42. The Kier molecular flexibility index (Phi) is 2.96. The molecule has 1 saturated carbocycles. The van der Waals surface area contributed by atoms with Crippen molar-refractivity contribution in [1.29, 1.82) is 0 Å². The van der Waals surface area contributed by atoms with Gasteiger partial charge in [-0.1, -0.05) is 12.1 Å². The summed E-state index contributed by atoms with van der Waals surface area (Å²) in [6.07, 6.45) is 2.06. The molecule has 2 rings (SSSR count). The first kappa shape index (κ1) is 10.5. The van der Waals surface area contributed by atoms with Crippen LogP contribution in [0.4, 0.5) is 5.69 Å². The van der Waals surface area contributed by atoms with E-state index in [0.717, 1.165) is 24.1 Å². The van der Waals surface area contributed by atoms with Crippen LogP contribution in [-0.2, 0) is 4.79 Å².